The predicted molar refractivity (Wildman–Crippen MR) is 79.1 cm³/mol. The summed E-state index contributed by atoms with van der Waals surface area (Å²) in [7, 11) is 3.61. The first-order valence-electron chi connectivity index (χ1n) is 7.41. The van der Waals surface area contributed by atoms with Gasteiger partial charge in [0, 0.05) is 19.9 Å². The molecule has 0 aromatic carbocycles. The maximum absolute atomic E-state index is 11.4. The molecule has 0 aliphatic heterocycles. The summed E-state index contributed by atoms with van der Waals surface area (Å²) < 4.78 is 7.43. The van der Waals surface area contributed by atoms with E-state index in [9.17, 15) is 9.90 Å². The highest BCUT2D eigenvalue weighted by Crippen LogP contribution is 2.36. The average Bonchev–Trinajstić information content (AvgIpc) is 3.24. The molecule has 1 aliphatic carbocycles. The van der Waals surface area contributed by atoms with Gasteiger partial charge in [0.1, 0.15) is 11.9 Å². The maximum atomic E-state index is 11.4. The van der Waals surface area contributed by atoms with Crippen molar-refractivity contribution in [3.63, 3.8) is 0 Å². The normalized spacial score (nSPS) is 17.7. The molecule has 2 atom stereocenters. The number of methoxy groups -OCH3 is 1. The molecule has 1 aromatic heterocycles. The molecule has 0 radical (unpaired) electrons. The van der Waals surface area contributed by atoms with E-state index >= 15 is 0 Å². The first-order valence-corrected chi connectivity index (χ1v) is 7.41. The van der Waals surface area contributed by atoms with Crippen molar-refractivity contribution in [1.82, 2.24) is 14.9 Å². The van der Waals surface area contributed by atoms with Crippen LogP contribution in [-0.4, -0.2) is 39.9 Å². The lowest BCUT2D eigenvalue weighted by Crippen LogP contribution is -2.40. The molecule has 1 heterocycles. The molecule has 21 heavy (non-hydrogen) atoms. The van der Waals surface area contributed by atoms with Gasteiger partial charge in [-0.25, -0.2) is 4.98 Å². The van der Waals surface area contributed by atoms with Crippen LogP contribution in [0.15, 0.2) is 0 Å². The van der Waals surface area contributed by atoms with Gasteiger partial charge < -0.3 is 14.4 Å². The second kappa shape index (κ2) is 6.58. The lowest BCUT2D eigenvalue weighted by atomic mass is 10.1. The van der Waals surface area contributed by atoms with Crippen LogP contribution in [0.1, 0.15) is 36.5 Å². The highest BCUT2D eigenvalue weighted by atomic mass is 16.5. The number of aromatic nitrogens is 2. The number of nitrogens with zero attached hydrogens (tertiary/aromatic N) is 2. The van der Waals surface area contributed by atoms with Gasteiger partial charge in [-0.15, -0.1) is 0 Å². The van der Waals surface area contributed by atoms with E-state index in [1.165, 1.54) is 0 Å². The number of ether oxygens (including phenoxy) is 1. The molecular weight excluding hydrogens is 270 g/mol. The Kier molecular flexibility index (Phi) is 5.00. The second-order valence-electron chi connectivity index (χ2n) is 5.88. The molecule has 1 aliphatic rings. The molecule has 2 unspecified atom stereocenters. The van der Waals surface area contributed by atoms with Gasteiger partial charge in [0.15, 0.2) is 0 Å². The van der Waals surface area contributed by atoms with E-state index in [1.54, 1.807) is 7.11 Å². The van der Waals surface area contributed by atoms with Gasteiger partial charge in [-0.2, -0.15) is 0 Å². The predicted octanol–water partition coefficient (Wildman–Crippen LogP) is 1.39. The summed E-state index contributed by atoms with van der Waals surface area (Å²) in [5.41, 5.74) is 2.08. The van der Waals surface area contributed by atoms with Crippen molar-refractivity contribution in [2.75, 3.05) is 7.11 Å². The second-order valence-corrected chi connectivity index (χ2v) is 5.88. The lowest BCUT2D eigenvalue weighted by molar-refractivity contribution is -0.140. The molecule has 0 bridgehead atoms. The Morgan fingerprint density at radius 2 is 2.19 bits per heavy atom. The van der Waals surface area contributed by atoms with Crippen molar-refractivity contribution < 1.29 is 14.6 Å². The van der Waals surface area contributed by atoms with Crippen molar-refractivity contribution in [2.24, 2.45) is 13.0 Å². The Balaban J connectivity index is 1.96. The van der Waals surface area contributed by atoms with Crippen molar-refractivity contribution in [1.29, 1.82) is 0 Å². The number of nitrogens with one attached hydrogen (secondary N) is 1. The average molecular weight is 295 g/mol. The molecule has 0 spiro atoms. The minimum absolute atomic E-state index is 0.0310. The molecule has 118 valence electrons. The van der Waals surface area contributed by atoms with Crippen LogP contribution >= 0.6 is 0 Å². The van der Waals surface area contributed by atoms with Crippen LogP contribution < -0.4 is 5.32 Å². The molecule has 0 amide bonds. The fourth-order valence-electron chi connectivity index (χ4n) is 2.61. The lowest BCUT2D eigenvalue weighted by Gasteiger charge is -2.20. The Labute approximate surface area is 125 Å². The van der Waals surface area contributed by atoms with Gasteiger partial charge in [-0.1, -0.05) is 0 Å². The van der Waals surface area contributed by atoms with E-state index in [-0.39, 0.29) is 6.10 Å². The molecule has 6 heteroatoms. The Bertz CT molecular complexity index is 509. The van der Waals surface area contributed by atoms with Crippen LogP contribution in [0.4, 0.5) is 0 Å². The number of imidazole rings is 1. The van der Waals surface area contributed by atoms with E-state index in [0.29, 0.717) is 18.9 Å². The van der Waals surface area contributed by atoms with Crippen LogP contribution in [0, 0.1) is 19.8 Å². The maximum Gasteiger partial charge on any atom is 0.320 e. The minimum atomic E-state index is -0.833. The van der Waals surface area contributed by atoms with Gasteiger partial charge in [0.25, 0.3) is 0 Å². The highest BCUT2D eigenvalue weighted by Gasteiger charge is 2.34. The monoisotopic (exact) mass is 295 g/mol. The minimum Gasteiger partial charge on any atom is -0.480 e. The van der Waals surface area contributed by atoms with Crippen LogP contribution in [0.2, 0.25) is 0 Å². The van der Waals surface area contributed by atoms with Gasteiger partial charge in [0.05, 0.1) is 18.3 Å². The topological polar surface area (TPSA) is 76.4 Å². The third-order valence-corrected chi connectivity index (χ3v) is 4.43. The Morgan fingerprint density at radius 1 is 1.52 bits per heavy atom. The fraction of sp³-hybridized carbons (Fsp3) is 0.733. The third kappa shape index (κ3) is 3.83. The summed E-state index contributed by atoms with van der Waals surface area (Å²) in [6, 6.07) is -0.604. The number of hydrogen-bond acceptors (Lipinski definition) is 4. The molecule has 2 rings (SSSR count). The molecule has 1 fully saturated rings. The number of carbonyl (C=O) groups is 1. The van der Waals surface area contributed by atoms with Gasteiger partial charge in [0.2, 0.25) is 0 Å². The number of aryl methyl sites for hydroxylation is 1. The summed E-state index contributed by atoms with van der Waals surface area (Å²) in [5.74, 6) is 0.549. The molecule has 2 N–H and O–H groups in total. The summed E-state index contributed by atoms with van der Waals surface area (Å²) in [6.07, 6.45) is 2.81. The third-order valence-electron chi connectivity index (χ3n) is 4.43. The van der Waals surface area contributed by atoms with Crippen LogP contribution in [0.25, 0.3) is 0 Å². The zero-order valence-corrected chi connectivity index (χ0v) is 13.2. The van der Waals surface area contributed by atoms with Crippen molar-refractivity contribution in [2.45, 2.75) is 51.8 Å². The Morgan fingerprint density at radius 3 is 2.62 bits per heavy atom. The van der Waals surface area contributed by atoms with Crippen molar-refractivity contribution in [3.05, 3.63) is 17.2 Å². The highest BCUT2D eigenvalue weighted by molar-refractivity contribution is 5.73. The van der Waals surface area contributed by atoms with Crippen molar-refractivity contribution in [3.8, 4) is 0 Å². The molecule has 0 saturated heterocycles. The number of rotatable bonds is 8. The quantitative estimate of drug-likeness (QED) is 0.758. The van der Waals surface area contributed by atoms with E-state index < -0.39 is 12.0 Å². The standard InChI is InChI=1S/C15H25N3O3/c1-9-10(2)18(3)14(17-9)8-16-12(15(19)20)7-13(21-4)11-5-6-11/h11-13,16H,5-8H2,1-4H3,(H,19,20). The number of carboxylic acid groups (broad SMARTS) is 1. The van der Waals surface area contributed by atoms with E-state index in [1.807, 2.05) is 25.5 Å². The Hall–Kier alpha value is -1.40. The molecule has 1 aromatic rings. The van der Waals surface area contributed by atoms with Crippen LogP contribution in [-0.2, 0) is 23.1 Å². The summed E-state index contributed by atoms with van der Waals surface area (Å²) >= 11 is 0. The largest absolute Gasteiger partial charge is 0.480 e. The van der Waals surface area contributed by atoms with Crippen LogP contribution in [0.3, 0.4) is 0 Å². The van der Waals surface area contributed by atoms with E-state index in [2.05, 4.69) is 10.3 Å². The zero-order chi connectivity index (χ0) is 15.6. The van der Waals surface area contributed by atoms with Crippen LogP contribution in [0.5, 0.6) is 0 Å². The SMILES string of the molecule is COC(CC(NCc1nc(C)c(C)n1C)C(=O)O)C1CC1. The van der Waals surface area contributed by atoms with Gasteiger partial charge in [-0.05, 0) is 39.0 Å². The number of aliphatic carboxylic acids is 1. The first kappa shape index (κ1) is 16.0. The smallest absolute Gasteiger partial charge is 0.320 e. The number of carboxylic acids is 1. The molecule has 6 nitrogen and oxygen atoms in total. The van der Waals surface area contributed by atoms with Crippen molar-refractivity contribution >= 4 is 5.97 Å². The fourth-order valence-corrected chi connectivity index (χ4v) is 2.61. The van der Waals surface area contributed by atoms with E-state index in [0.717, 1.165) is 30.1 Å². The number of hydrogen-bond donors (Lipinski definition) is 2. The molecule has 1 saturated carbocycles. The summed E-state index contributed by atoms with van der Waals surface area (Å²) in [6.45, 7) is 4.42. The van der Waals surface area contributed by atoms with Gasteiger partial charge >= 0.3 is 5.97 Å². The zero-order valence-electron chi connectivity index (χ0n) is 13.2. The van der Waals surface area contributed by atoms with Gasteiger partial charge in [-0.3, -0.25) is 10.1 Å². The van der Waals surface area contributed by atoms with E-state index in [4.69, 9.17) is 4.74 Å². The molecular formula is C15H25N3O3. The summed E-state index contributed by atoms with van der Waals surface area (Å²) in [5, 5.41) is 12.5. The first-order chi connectivity index (χ1) is 9.93. The summed E-state index contributed by atoms with van der Waals surface area (Å²) in [4.78, 5) is 15.9.